The summed E-state index contributed by atoms with van der Waals surface area (Å²) in [6.07, 6.45) is 7.79. The third-order valence-electron chi connectivity index (χ3n) is 4.99. The molecule has 0 nitrogen and oxygen atoms in total. The molecule has 2 aromatic rings. The van der Waals surface area contributed by atoms with Gasteiger partial charge in [-0.25, -0.2) is 0 Å². The highest BCUT2D eigenvalue weighted by molar-refractivity contribution is 7.99. The van der Waals surface area contributed by atoms with Gasteiger partial charge in [0.1, 0.15) is 0 Å². The van der Waals surface area contributed by atoms with Gasteiger partial charge in [0.15, 0.2) is 0 Å². The predicted octanol–water partition coefficient (Wildman–Crippen LogP) is 7.64. The molecular formula is C23H28Cl2S. The van der Waals surface area contributed by atoms with Crippen molar-refractivity contribution in [3.63, 3.8) is 0 Å². The fraction of sp³-hybridized carbons (Fsp3) is 0.478. The van der Waals surface area contributed by atoms with Crippen LogP contribution in [-0.2, 0) is 19.3 Å². The molecule has 0 N–H and O–H groups in total. The Morgan fingerprint density at radius 3 is 1.69 bits per heavy atom. The van der Waals surface area contributed by atoms with E-state index in [0.29, 0.717) is 0 Å². The van der Waals surface area contributed by atoms with E-state index in [1.54, 1.807) is 0 Å². The zero-order chi connectivity index (χ0) is 18.5. The van der Waals surface area contributed by atoms with E-state index in [4.69, 9.17) is 23.2 Å². The first-order chi connectivity index (χ1) is 12.5. The van der Waals surface area contributed by atoms with E-state index in [1.165, 1.54) is 32.0 Å². The van der Waals surface area contributed by atoms with Gasteiger partial charge in [-0.3, -0.25) is 0 Å². The van der Waals surface area contributed by atoms with Crippen LogP contribution in [0.25, 0.3) is 0 Å². The summed E-state index contributed by atoms with van der Waals surface area (Å²) in [4.78, 5) is 2.83. The van der Waals surface area contributed by atoms with Gasteiger partial charge in [0, 0.05) is 20.5 Å². The molecule has 0 spiro atoms. The average molecular weight is 407 g/mol. The number of hydrogen-bond donors (Lipinski definition) is 0. The monoisotopic (exact) mass is 406 g/mol. The molecule has 26 heavy (non-hydrogen) atoms. The molecule has 2 unspecified atom stereocenters. The van der Waals surface area contributed by atoms with E-state index >= 15 is 0 Å². The van der Waals surface area contributed by atoms with Crippen LogP contribution in [0.4, 0.5) is 0 Å². The Balaban J connectivity index is 1.66. The number of halogens is 2. The molecule has 1 aliphatic heterocycles. The van der Waals surface area contributed by atoms with E-state index < -0.39 is 0 Å². The van der Waals surface area contributed by atoms with Crippen molar-refractivity contribution in [3.8, 4) is 0 Å². The third kappa shape index (κ3) is 5.68. The maximum absolute atomic E-state index is 6.07. The zero-order valence-corrected chi connectivity index (χ0v) is 18.1. The Kier molecular flexibility index (Phi) is 7.37. The van der Waals surface area contributed by atoms with Crippen molar-refractivity contribution in [1.82, 2.24) is 0 Å². The SMILES string of the molecule is CC(Cl)CCCc1ccc2c(c1)Cc1cc(CCCC(C)Cl)ccc1S2. The molecule has 140 valence electrons. The maximum atomic E-state index is 6.07. The summed E-state index contributed by atoms with van der Waals surface area (Å²) >= 11 is 14.1. The van der Waals surface area contributed by atoms with Gasteiger partial charge in [0.05, 0.1) is 0 Å². The smallest absolute Gasteiger partial charge is 0.0308 e. The highest BCUT2D eigenvalue weighted by Gasteiger charge is 2.17. The van der Waals surface area contributed by atoms with Gasteiger partial charge >= 0.3 is 0 Å². The van der Waals surface area contributed by atoms with Crippen molar-refractivity contribution in [2.24, 2.45) is 0 Å². The number of alkyl halides is 2. The van der Waals surface area contributed by atoms with Crippen molar-refractivity contribution >= 4 is 35.0 Å². The van der Waals surface area contributed by atoms with Crippen LogP contribution in [0.5, 0.6) is 0 Å². The predicted molar refractivity (Wildman–Crippen MR) is 116 cm³/mol. The summed E-state index contributed by atoms with van der Waals surface area (Å²) in [5, 5.41) is 0.547. The second-order valence-electron chi connectivity index (χ2n) is 7.51. The highest BCUT2D eigenvalue weighted by atomic mass is 35.5. The Morgan fingerprint density at radius 1 is 0.808 bits per heavy atom. The lowest BCUT2D eigenvalue weighted by Gasteiger charge is -2.21. The molecule has 2 aromatic carbocycles. The normalized spacial score (nSPS) is 15.2. The van der Waals surface area contributed by atoms with Gasteiger partial charge in [-0.05, 0) is 93.2 Å². The van der Waals surface area contributed by atoms with E-state index in [-0.39, 0.29) is 10.8 Å². The molecule has 3 heteroatoms. The van der Waals surface area contributed by atoms with Crippen LogP contribution in [-0.4, -0.2) is 10.8 Å². The molecule has 0 aliphatic carbocycles. The summed E-state index contributed by atoms with van der Waals surface area (Å²) in [6, 6.07) is 14.0. The first-order valence-electron chi connectivity index (χ1n) is 9.71. The van der Waals surface area contributed by atoms with Crippen LogP contribution >= 0.6 is 35.0 Å². The van der Waals surface area contributed by atoms with Gasteiger partial charge in [-0.15, -0.1) is 23.2 Å². The highest BCUT2D eigenvalue weighted by Crippen LogP contribution is 2.40. The molecule has 2 atom stereocenters. The molecule has 0 saturated carbocycles. The Bertz CT molecular complexity index is 675. The van der Waals surface area contributed by atoms with Crippen molar-refractivity contribution in [3.05, 3.63) is 58.7 Å². The van der Waals surface area contributed by atoms with E-state index in [1.807, 2.05) is 11.8 Å². The molecule has 1 heterocycles. The van der Waals surface area contributed by atoms with E-state index in [2.05, 4.69) is 50.2 Å². The molecule has 0 fully saturated rings. The summed E-state index contributed by atoms with van der Waals surface area (Å²) in [5.74, 6) is 0. The molecule has 0 amide bonds. The lowest BCUT2D eigenvalue weighted by Crippen LogP contribution is -2.02. The molecule has 0 bridgehead atoms. The zero-order valence-electron chi connectivity index (χ0n) is 15.7. The van der Waals surface area contributed by atoms with E-state index in [9.17, 15) is 0 Å². The number of aryl methyl sites for hydroxylation is 2. The van der Waals surface area contributed by atoms with Crippen LogP contribution in [0.3, 0.4) is 0 Å². The summed E-state index contributed by atoms with van der Waals surface area (Å²) < 4.78 is 0. The summed E-state index contributed by atoms with van der Waals surface area (Å²) in [6.45, 7) is 4.15. The summed E-state index contributed by atoms with van der Waals surface area (Å²) in [7, 11) is 0. The maximum Gasteiger partial charge on any atom is 0.0308 e. The first-order valence-corrected chi connectivity index (χ1v) is 11.4. The lowest BCUT2D eigenvalue weighted by atomic mass is 9.97. The van der Waals surface area contributed by atoms with Crippen molar-refractivity contribution in [2.75, 3.05) is 0 Å². The van der Waals surface area contributed by atoms with Crippen LogP contribution < -0.4 is 0 Å². The Hall–Kier alpha value is -0.630. The van der Waals surface area contributed by atoms with Crippen molar-refractivity contribution < 1.29 is 0 Å². The number of benzene rings is 2. The number of rotatable bonds is 8. The van der Waals surface area contributed by atoms with Crippen LogP contribution in [0, 0.1) is 0 Å². The molecule has 3 rings (SSSR count). The van der Waals surface area contributed by atoms with Gasteiger partial charge in [-0.2, -0.15) is 0 Å². The van der Waals surface area contributed by atoms with Crippen molar-refractivity contribution in [2.45, 2.75) is 79.3 Å². The number of hydrogen-bond acceptors (Lipinski definition) is 1. The van der Waals surface area contributed by atoms with Crippen LogP contribution in [0.1, 0.15) is 61.8 Å². The molecular weight excluding hydrogens is 379 g/mol. The Morgan fingerprint density at radius 2 is 1.27 bits per heavy atom. The van der Waals surface area contributed by atoms with Crippen LogP contribution in [0.15, 0.2) is 46.2 Å². The quantitative estimate of drug-likeness (QED) is 0.346. The van der Waals surface area contributed by atoms with Gasteiger partial charge in [0.2, 0.25) is 0 Å². The van der Waals surface area contributed by atoms with Gasteiger partial charge < -0.3 is 0 Å². The Labute approximate surface area is 172 Å². The molecule has 0 saturated heterocycles. The fourth-order valence-electron chi connectivity index (χ4n) is 3.55. The minimum absolute atomic E-state index is 0.273. The largest absolute Gasteiger partial charge is 0.123 e. The standard InChI is InChI=1S/C23H28Cl2S/c1-16(24)5-3-7-18-9-11-22-20(13-18)15-21-14-19(8-4-6-17(2)25)10-12-23(21)26-22/h9-14,16-17H,3-8,15H2,1-2H3. The fourth-order valence-corrected chi connectivity index (χ4v) is 4.89. The van der Waals surface area contributed by atoms with Crippen LogP contribution in [0.2, 0.25) is 0 Å². The molecule has 0 aromatic heterocycles. The lowest BCUT2D eigenvalue weighted by molar-refractivity contribution is 0.721. The minimum Gasteiger partial charge on any atom is -0.123 e. The second kappa shape index (κ2) is 9.53. The number of fused-ring (bicyclic) bond motifs is 2. The first kappa shape index (κ1) is 20.1. The van der Waals surface area contributed by atoms with Gasteiger partial charge in [-0.1, -0.05) is 36.0 Å². The van der Waals surface area contributed by atoms with E-state index in [0.717, 1.165) is 44.9 Å². The minimum atomic E-state index is 0.273. The molecule has 0 radical (unpaired) electrons. The van der Waals surface area contributed by atoms with Gasteiger partial charge in [0.25, 0.3) is 0 Å². The average Bonchev–Trinajstić information content (AvgIpc) is 2.59. The second-order valence-corrected chi connectivity index (χ2v) is 10.1. The van der Waals surface area contributed by atoms with Crippen molar-refractivity contribution in [1.29, 1.82) is 0 Å². The topological polar surface area (TPSA) is 0 Å². The third-order valence-corrected chi connectivity index (χ3v) is 6.66. The molecule has 1 aliphatic rings. The summed E-state index contributed by atoms with van der Waals surface area (Å²) in [5.41, 5.74) is 5.84.